The Hall–Kier alpha value is -1.55. The maximum Gasteiger partial charge on any atom is 0.322 e. The van der Waals surface area contributed by atoms with Crippen LogP contribution in [0.25, 0.3) is 0 Å². The lowest BCUT2D eigenvalue weighted by Crippen LogP contribution is -2.40. The highest BCUT2D eigenvalue weighted by Crippen LogP contribution is 2.29. The van der Waals surface area contributed by atoms with Gasteiger partial charge in [-0.3, -0.25) is 0 Å². The molecule has 0 aromatic heterocycles. The number of hydrogen-bond acceptors (Lipinski definition) is 2. The molecule has 1 atom stereocenters. The van der Waals surface area contributed by atoms with E-state index in [1.54, 1.807) is 0 Å². The Morgan fingerprint density at radius 2 is 2.15 bits per heavy atom. The average molecular weight is 274 g/mol. The fourth-order valence-corrected chi connectivity index (χ4v) is 2.69. The molecule has 4 heteroatoms. The quantitative estimate of drug-likeness (QED) is 0.917. The Balaban J connectivity index is 1.64. The van der Waals surface area contributed by atoms with E-state index in [1.165, 1.54) is 0 Å². The van der Waals surface area contributed by atoms with E-state index in [0.29, 0.717) is 12.0 Å². The molecule has 4 nitrogen and oxygen atoms in total. The van der Waals surface area contributed by atoms with Gasteiger partial charge < -0.3 is 15.0 Å². The SMILES string of the molecule is Cc1ccccc1NC(=O)N(C[C@@H]1CCOC1)C1CC1. The second-order valence-electron chi connectivity index (χ2n) is 5.86. The third kappa shape index (κ3) is 3.12. The summed E-state index contributed by atoms with van der Waals surface area (Å²) < 4.78 is 5.42. The smallest absolute Gasteiger partial charge is 0.322 e. The second kappa shape index (κ2) is 5.83. The molecule has 1 aliphatic carbocycles. The van der Waals surface area contributed by atoms with Crippen molar-refractivity contribution < 1.29 is 9.53 Å². The van der Waals surface area contributed by atoms with Crippen LogP contribution in [0.2, 0.25) is 0 Å². The lowest BCUT2D eigenvalue weighted by Gasteiger charge is -2.25. The zero-order valence-electron chi connectivity index (χ0n) is 12.0. The van der Waals surface area contributed by atoms with Crippen molar-refractivity contribution in [2.45, 2.75) is 32.2 Å². The van der Waals surface area contributed by atoms with Crippen molar-refractivity contribution in [3.05, 3.63) is 29.8 Å². The maximum absolute atomic E-state index is 12.5. The number of amides is 2. The molecule has 1 saturated carbocycles. The van der Waals surface area contributed by atoms with Gasteiger partial charge in [-0.15, -0.1) is 0 Å². The molecule has 108 valence electrons. The van der Waals surface area contributed by atoms with Crippen molar-refractivity contribution >= 4 is 11.7 Å². The van der Waals surface area contributed by atoms with Crippen LogP contribution in [0.15, 0.2) is 24.3 Å². The van der Waals surface area contributed by atoms with E-state index in [0.717, 1.165) is 50.3 Å². The second-order valence-corrected chi connectivity index (χ2v) is 5.86. The number of urea groups is 1. The molecule has 2 amide bonds. The largest absolute Gasteiger partial charge is 0.381 e. The lowest BCUT2D eigenvalue weighted by molar-refractivity contribution is 0.167. The Bertz CT molecular complexity index is 479. The van der Waals surface area contributed by atoms with E-state index in [-0.39, 0.29) is 6.03 Å². The standard InChI is InChI=1S/C16H22N2O2/c1-12-4-2-3-5-15(12)17-16(19)18(14-6-7-14)10-13-8-9-20-11-13/h2-5,13-14H,6-11H2,1H3,(H,17,19)/t13-/m0/s1. The fourth-order valence-electron chi connectivity index (χ4n) is 2.69. The van der Waals surface area contributed by atoms with Gasteiger partial charge in [-0.2, -0.15) is 0 Å². The first kappa shape index (κ1) is 13.4. The molecule has 3 rings (SSSR count). The van der Waals surface area contributed by atoms with E-state index >= 15 is 0 Å². The molecule has 1 saturated heterocycles. The molecule has 1 aromatic carbocycles. The number of carbonyl (C=O) groups is 1. The lowest BCUT2D eigenvalue weighted by atomic mass is 10.1. The molecule has 1 N–H and O–H groups in total. The number of rotatable bonds is 4. The number of aryl methyl sites for hydroxylation is 1. The average Bonchev–Trinajstić information content (AvgIpc) is 3.15. The molecule has 2 aliphatic rings. The molecule has 2 fully saturated rings. The van der Waals surface area contributed by atoms with Gasteiger partial charge in [0, 0.05) is 30.8 Å². The van der Waals surface area contributed by atoms with Crippen LogP contribution in [0.1, 0.15) is 24.8 Å². The van der Waals surface area contributed by atoms with E-state index < -0.39 is 0 Å². The minimum atomic E-state index is 0.0358. The van der Waals surface area contributed by atoms with Gasteiger partial charge in [-0.25, -0.2) is 4.79 Å². The summed E-state index contributed by atoms with van der Waals surface area (Å²) >= 11 is 0. The molecule has 0 spiro atoms. The summed E-state index contributed by atoms with van der Waals surface area (Å²) in [7, 11) is 0. The van der Waals surface area contributed by atoms with E-state index in [2.05, 4.69) is 5.32 Å². The minimum absolute atomic E-state index is 0.0358. The normalized spacial score (nSPS) is 21.8. The van der Waals surface area contributed by atoms with Crippen molar-refractivity contribution in [1.29, 1.82) is 0 Å². The summed E-state index contributed by atoms with van der Waals surface area (Å²) in [5, 5.41) is 3.05. The number of anilines is 1. The molecule has 1 aliphatic heterocycles. The summed E-state index contributed by atoms with van der Waals surface area (Å²) in [5.41, 5.74) is 2.01. The molecule has 1 aromatic rings. The van der Waals surface area contributed by atoms with Gasteiger partial charge in [0.2, 0.25) is 0 Å². The van der Waals surface area contributed by atoms with Gasteiger partial charge in [-0.1, -0.05) is 18.2 Å². The van der Waals surface area contributed by atoms with Gasteiger partial charge in [0.05, 0.1) is 6.61 Å². The predicted molar refractivity (Wildman–Crippen MR) is 78.9 cm³/mol. The van der Waals surface area contributed by atoms with Gasteiger partial charge in [-0.05, 0) is 37.8 Å². The number of nitrogens with zero attached hydrogens (tertiary/aromatic N) is 1. The molecule has 1 heterocycles. The molecule has 0 bridgehead atoms. The van der Waals surface area contributed by atoms with Crippen molar-refractivity contribution in [1.82, 2.24) is 4.90 Å². The van der Waals surface area contributed by atoms with Gasteiger partial charge in [0.25, 0.3) is 0 Å². The van der Waals surface area contributed by atoms with Crippen molar-refractivity contribution in [3.63, 3.8) is 0 Å². The van der Waals surface area contributed by atoms with Crippen LogP contribution in [-0.4, -0.2) is 36.7 Å². The maximum atomic E-state index is 12.5. The number of nitrogens with one attached hydrogen (secondary N) is 1. The summed E-state index contributed by atoms with van der Waals surface area (Å²) in [6.45, 7) is 4.47. The Kier molecular flexibility index (Phi) is 3.92. The summed E-state index contributed by atoms with van der Waals surface area (Å²) in [6.07, 6.45) is 3.34. The first-order chi connectivity index (χ1) is 9.74. The highest BCUT2D eigenvalue weighted by molar-refractivity contribution is 5.90. The molecule has 20 heavy (non-hydrogen) atoms. The van der Waals surface area contributed by atoms with Crippen LogP contribution in [0.5, 0.6) is 0 Å². The highest BCUT2D eigenvalue weighted by atomic mass is 16.5. The number of hydrogen-bond donors (Lipinski definition) is 1. The first-order valence-corrected chi connectivity index (χ1v) is 7.45. The zero-order chi connectivity index (χ0) is 13.9. The van der Waals surface area contributed by atoms with E-state index in [1.807, 2.05) is 36.1 Å². The van der Waals surface area contributed by atoms with Crippen LogP contribution in [0, 0.1) is 12.8 Å². The van der Waals surface area contributed by atoms with E-state index in [9.17, 15) is 4.79 Å². The Morgan fingerprint density at radius 3 is 2.80 bits per heavy atom. The third-order valence-electron chi connectivity index (χ3n) is 4.11. The van der Waals surface area contributed by atoms with Gasteiger partial charge in [0.15, 0.2) is 0 Å². The van der Waals surface area contributed by atoms with Crippen molar-refractivity contribution in [2.75, 3.05) is 25.1 Å². The first-order valence-electron chi connectivity index (χ1n) is 7.45. The Labute approximate surface area is 120 Å². The number of para-hydroxylation sites is 1. The van der Waals surface area contributed by atoms with Crippen LogP contribution < -0.4 is 5.32 Å². The van der Waals surface area contributed by atoms with Crippen LogP contribution in [-0.2, 0) is 4.74 Å². The van der Waals surface area contributed by atoms with Gasteiger partial charge >= 0.3 is 6.03 Å². The number of ether oxygens (including phenoxy) is 1. The molecular weight excluding hydrogens is 252 g/mol. The van der Waals surface area contributed by atoms with Gasteiger partial charge in [0.1, 0.15) is 0 Å². The summed E-state index contributed by atoms with van der Waals surface area (Å²) in [6, 6.07) is 8.38. The number of benzene rings is 1. The fraction of sp³-hybridized carbons (Fsp3) is 0.562. The topological polar surface area (TPSA) is 41.6 Å². The van der Waals surface area contributed by atoms with Crippen LogP contribution in [0.4, 0.5) is 10.5 Å². The zero-order valence-corrected chi connectivity index (χ0v) is 12.0. The van der Waals surface area contributed by atoms with Crippen LogP contribution >= 0.6 is 0 Å². The van der Waals surface area contributed by atoms with E-state index in [4.69, 9.17) is 4.74 Å². The highest BCUT2D eigenvalue weighted by Gasteiger charge is 2.34. The molecule has 0 radical (unpaired) electrons. The van der Waals surface area contributed by atoms with Crippen molar-refractivity contribution in [2.24, 2.45) is 5.92 Å². The summed E-state index contributed by atoms with van der Waals surface area (Å²) in [5.74, 6) is 0.498. The molecule has 0 unspecified atom stereocenters. The summed E-state index contributed by atoms with van der Waals surface area (Å²) in [4.78, 5) is 14.5. The Morgan fingerprint density at radius 1 is 1.35 bits per heavy atom. The van der Waals surface area contributed by atoms with Crippen LogP contribution in [0.3, 0.4) is 0 Å². The minimum Gasteiger partial charge on any atom is -0.381 e. The predicted octanol–water partition coefficient (Wildman–Crippen LogP) is 3.03. The molecular formula is C16H22N2O2. The third-order valence-corrected chi connectivity index (χ3v) is 4.11. The number of carbonyl (C=O) groups excluding carboxylic acids is 1. The van der Waals surface area contributed by atoms with Crippen molar-refractivity contribution in [3.8, 4) is 0 Å². The monoisotopic (exact) mass is 274 g/mol.